The predicted molar refractivity (Wildman–Crippen MR) is 128 cm³/mol. The number of rotatable bonds is 3. The molecule has 4 aliphatic rings. The monoisotopic (exact) mass is 450 g/mol. The molecule has 4 nitrogen and oxygen atoms in total. The lowest BCUT2D eigenvalue weighted by Gasteiger charge is -2.61. The number of fused-ring (bicyclic) bond motifs is 2. The second-order valence-electron chi connectivity index (χ2n) is 13.9. The number of aliphatic hydroxyl groups excluding tert-OH is 4. The third kappa shape index (κ3) is 3.62. The third-order valence-electron chi connectivity index (χ3n) is 11.9. The van der Waals surface area contributed by atoms with Gasteiger partial charge < -0.3 is 20.4 Å². The van der Waals surface area contributed by atoms with Crippen LogP contribution in [0.25, 0.3) is 0 Å². The van der Waals surface area contributed by atoms with E-state index in [0.29, 0.717) is 11.8 Å². The molecule has 4 fully saturated rings. The van der Waals surface area contributed by atoms with Crippen LogP contribution in [0, 0.1) is 45.3 Å². The van der Waals surface area contributed by atoms with Crippen molar-refractivity contribution < 1.29 is 20.4 Å². The van der Waals surface area contributed by atoms with E-state index in [-0.39, 0.29) is 57.9 Å². The van der Waals surface area contributed by atoms with Crippen LogP contribution in [0.2, 0.25) is 0 Å². The van der Waals surface area contributed by atoms with Crippen molar-refractivity contribution in [3.63, 3.8) is 0 Å². The second-order valence-corrected chi connectivity index (χ2v) is 13.9. The van der Waals surface area contributed by atoms with Crippen LogP contribution >= 0.6 is 0 Å². The molecule has 0 aromatic rings. The Morgan fingerprint density at radius 3 is 1.22 bits per heavy atom. The predicted octanol–water partition coefficient (Wildman–Crippen LogP) is 4.92. The smallest absolute Gasteiger partial charge is 0.0594 e. The molecule has 0 unspecified atom stereocenters. The molecule has 4 rings (SSSR count). The third-order valence-corrected chi connectivity index (χ3v) is 11.9. The Bertz CT molecular complexity index is 631. The summed E-state index contributed by atoms with van der Waals surface area (Å²) < 4.78 is 0. The van der Waals surface area contributed by atoms with Crippen molar-refractivity contribution in [2.24, 2.45) is 45.3 Å². The summed E-state index contributed by atoms with van der Waals surface area (Å²) in [6, 6.07) is 0. The van der Waals surface area contributed by atoms with Crippen molar-refractivity contribution in [3.8, 4) is 0 Å². The summed E-state index contributed by atoms with van der Waals surface area (Å²) in [7, 11) is 0. The summed E-state index contributed by atoms with van der Waals surface area (Å²) in [5.41, 5.74) is -0.141. The second kappa shape index (κ2) is 8.21. The fourth-order valence-electron chi connectivity index (χ4n) is 9.80. The van der Waals surface area contributed by atoms with E-state index < -0.39 is 0 Å². The van der Waals surface area contributed by atoms with E-state index in [1.807, 2.05) is 0 Å². The van der Waals surface area contributed by atoms with E-state index in [0.717, 1.165) is 64.2 Å². The molecule has 32 heavy (non-hydrogen) atoms. The molecule has 0 aromatic carbocycles. The molecule has 0 amide bonds. The topological polar surface area (TPSA) is 80.9 Å². The summed E-state index contributed by atoms with van der Waals surface area (Å²) in [5.74, 6) is 1.31. The molecule has 0 aliphatic heterocycles. The maximum atomic E-state index is 11.2. The zero-order valence-electron chi connectivity index (χ0n) is 21.5. The number of hydrogen-bond donors (Lipinski definition) is 4. The van der Waals surface area contributed by atoms with Crippen LogP contribution < -0.4 is 0 Å². The van der Waals surface area contributed by atoms with Gasteiger partial charge >= 0.3 is 0 Å². The van der Waals surface area contributed by atoms with Crippen LogP contribution in [0.4, 0.5) is 0 Å². The fourth-order valence-corrected chi connectivity index (χ4v) is 9.80. The molecule has 0 radical (unpaired) electrons. The fraction of sp³-hybridized carbons (Fsp3) is 1.00. The highest BCUT2D eigenvalue weighted by molar-refractivity contribution is 5.09. The molecule has 4 heteroatoms. The minimum Gasteiger partial charge on any atom is -0.393 e. The Morgan fingerprint density at radius 1 is 0.531 bits per heavy atom. The number of hydrogen-bond acceptors (Lipinski definition) is 4. The highest BCUT2D eigenvalue weighted by atomic mass is 16.3. The average molecular weight is 451 g/mol. The first kappa shape index (κ1) is 24.9. The largest absolute Gasteiger partial charge is 0.393 e. The summed E-state index contributed by atoms with van der Waals surface area (Å²) in [4.78, 5) is 0. The zero-order valence-corrected chi connectivity index (χ0v) is 21.5. The molecule has 10 atom stereocenters. The maximum Gasteiger partial charge on any atom is 0.0594 e. The van der Waals surface area contributed by atoms with E-state index in [1.165, 1.54) is 0 Å². The summed E-state index contributed by atoms with van der Waals surface area (Å²) in [5, 5.41) is 43.8. The van der Waals surface area contributed by atoms with Gasteiger partial charge in [-0.25, -0.2) is 0 Å². The van der Waals surface area contributed by atoms with Gasteiger partial charge in [-0.05, 0) is 110 Å². The molecular weight excluding hydrogens is 400 g/mol. The van der Waals surface area contributed by atoms with E-state index in [9.17, 15) is 20.4 Å². The van der Waals surface area contributed by atoms with Crippen LogP contribution in [-0.2, 0) is 0 Å². The molecule has 4 N–H and O–H groups in total. The van der Waals surface area contributed by atoms with Crippen LogP contribution in [0.15, 0.2) is 0 Å². The Hall–Kier alpha value is -0.160. The molecule has 186 valence electrons. The summed E-state index contributed by atoms with van der Waals surface area (Å²) in [6.45, 7) is 13.6. The van der Waals surface area contributed by atoms with Gasteiger partial charge in [0.05, 0.1) is 24.4 Å². The van der Waals surface area contributed by atoms with Crippen molar-refractivity contribution in [1.29, 1.82) is 0 Å². The van der Waals surface area contributed by atoms with Crippen LogP contribution in [0.5, 0.6) is 0 Å². The van der Waals surface area contributed by atoms with Gasteiger partial charge in [0.15, 0.2) is 0 Å². The first-order valence-corrected chi connectivity index (χ1v) is 13.5. The average Bonchev–Trinajstić information content (AvgIpc) is 2.69. The molecule has 4 aliphatic carbocycles. The van der Waals surface area contributed by atoms with Gasteiger partial charge in [-0.15, -0.1) is 0 Å². The van der Waals surface area contributed by atoms with Crippen molar-refractivity contribution in [3.05, 3.63) is 0 Å². The quantitative estimate of drug-likeness (QED) is 0.492. The first-order chi connectivity index (χ1) is 14.8. The van der Waals surface area contributed by atoms with Crippen molar-refractivity contribution in [2.45, 2.75) is 130 Å². The van der Waals surface area contributed by atoms with E-state index in [1.54, 1.807) is 0 Å². The van der Waals surface area contributed by atoms with Gasteiger partial charge in [-0.1, -0.05) is 41.5 Å². The molecule has 0 saturated heterocycles. The molecule has 0 bridgehead atoms. The first-order valence-electron chi connectivity index (χ1n) is 13.5. The van der Waals surface area contributed by atoms with Crippen LogP contribution in [-0.4, -0.2) is 44.8 Å². The van der Waals surface area contributed by atoms with Gasteiger partial charge in [0, 0.05) is 0 Å². The minimum atomic E-state index is -0.281. The Labute approximate surface area is 196 Å². The van der Waals surface area contributed by atoms with Gasteiger partial charge in [0.25, 0.3) is 0 Å². The normalized spacial score (nSPS) is 52.7. The molecule has 0 aromatic heterocycles. The van der Waals surface area contributed by atoms with E-state index in [2.05, 4.69) is 41.5 Å². The van der Waals surface area contributed by atoms with Crippen LogP contribution in [0.1, 0.15) is 106 Å². The highest BCUT2D eigenvalue weighted by Gasteiger charge is 2.59. The Morgan fingerprint density at radius 2 is 0.875 bits per heavy atom. The lowest BCUT2D eigenvalue weighted by atomic mass is 9.45. The summed E-state index contributed by atoms with van der Waals surface area (Å²) in [6.07, 6.45) is 8.08. The maximum absolute atomic E-state index is 11.2. The molecular formula is C28H50O4. The van der Waals surface area contributed by atoms with Gasteiger partial charge in [0.1, 0.15) is 0 Å². The molecule has 4 saturated carbocycles. The minimum absolute atomic E-state index is 0.0440. The standard InChI is InChI=1S/C28H50O4/c1-25(2)21-11-9-19(29)17(27(21,5)15-13-23(25)31)7-8-18-20(30)10-12-22-26(3,4)24(32)14-16-28(18,22)6/h17-24,29-32H,7-16H2,1-6H3/t17-,18+,19-,20-,21-,22+,23+,24+,27+,28+/m0/s1. The SMILES string of the molecule is CC1(C)[C@H](O)CC[C@]2(C)[C@H](CC[C@H]3[C@@H](O)CC[C@H]4C(C)(C)[C@H](O)CC[C@]34C)[C@@H](O)CC[C@H]12. The van der Waals surface area contributed by atoms with E-state index in [4.69, 9.17) is 0 Å². The highest BCUT2D eigenvalue weighted by Crippen LogP contribution is 2.63. The van der Waals surface area contributed by atoms with E-state index >= 15 is 0 Å². The van der Waals surface area contributed by atoms with Crippen molar-refractivity contribution in [2.75, 3.05) is 0 Å². The van der Waals surface area contributed by atoms with Crippen molar-refractivity contribution in [1.82, 2.24) is 0 Å². The zero-order chi connectivity index (χ0) is 23.7. The summed E-state index contributed by atoms with van der Waals surface area (Å²) >= 11 is 0. The molecule has 0 heterocycles. The lowest BCUT2D eigenvalue weighted by Crippen LogP contribution is -2.58. The van der Waals surface area contributed by atoms with Crippen molar-refractivity contribution >= 4 is 0 Å². The van der Waals surface area contributed by atoms with Gasteiger partial charge in [-0.3, -0.25) is 0 Å². The van der Waals surface area contributed by atoms with Gasteiger partial charge in [-0.2, -0.15) is 0 Å². The number of aliphatic hydroxyl groups is 4. The Kier molecular flexibility index (Phi) is 6.40. The lowest BCUT2D eigenvalue weighted by molar-refractivity contribution is -0.180. The van der Waals surface area contributed by atoms with Crippen LogP contribution in [0.3, 0.4) is 0 Å². The molecule has 0 spiro atoms. The Balaban J connectivity index is 1.56. The van der Waals surface area contributed by atoms with Gasteiger partial charge in [0.2, 0.25) is 0 Å².